The van der Waals surface area contributed by atoms with Gasteiger partial charge in [-0.2, -0.15) is 4.37 Å². The Morgan fingerprint density at radius 2 is 2.41 bits per heavy atom. The Kier molecular flexibility index (Phi) is 3.73. The van der Waals surface area contributed by atoms with Crippen LogP contribution in [0.3, 0.4) is 0 Å². The summed E-state index contributed by atoms with van der Waals surface area (Å²) in [7, 11) is 1.56. The van der Waals surface area contributed by atoms with Crippen molar-refractivity contribution in [3.8, 4) is 0 Å². The van der Waals surface area contributed by atoms with Crippen LogP contribution in [0, 0.1) is 0 Å². The van der Waals surface area contributed by atoms with Gasteiger partial charge in [-0.3, -0.25) is 15.1 Å². The van der Waals surface area contributed by atoms with Crippen LogP contribution in [0.25, 0.3) is 0 Å². The highest BCUT2D eigenvalue weighted by molar-refractivity contribution is 7.09. The van der Waals surface area contributed by atoms with Gasteiger partial charge in [-0.15, -0.1) is 0 Å². The molecular formula is C10H10N4O2S. The zero-order chi connectivity index (χ0) is 12.1. The van der Waals surface area contributed by atoms with Crippen LogP contribution < -0.4 is 5.32 Å². The normalized spacial score (nSPS) is 10.2. The van der Waals surface area contributed by atoms with Crippen LogP contribution in [0.15, 0.2) is 24.4 Å². The molecule has 88 valence electrons. The number of hydrogen-bond donors (Lipinski definition) is 1. The van der Waals surface area contributed by atoms with E-state index in [2.05, 4.69) is 19.7 Å². The van der Waals surface area contributed by atoms with Gasteiger partial charge in [-0.05, 0) is 12.1 Å². The van der Waals surface area contributed by atoms with E-state index in [9.17, 15) is 4.79 Å². The van der Waals surface area contributed by atoms with Crippen LogP contribution in [0.5, 0.6) is 0 Å². The second-order valence-corrected chi connectivity index (χ2v) is 3.87. The fraction of sp³-hybridized carbons (Fsp3) is 0.200. The Morgan fingerprint density at radius 1 is 1.53 bits per heavy atom. The van der Waals surface area contributed by atoms with E-state index in [0.29, 0.717) is 23.3 Å². The lowest BCUT2D eigenvalue weighted by atomic mass is 10.3. The average Bonchev–Trinajstić information content (AvgIpc) is 2.78. The van der Waals surface area contributed by atoms with Crippen LogP contribution in [0.4, 0.5) is 5.13 Å². The minimum atomic E-state index is -0.300. The average molecular weight is 250 g/mol. The van der Waals surface area contributed by atoms with Crippen molar-refractivity contribution < 1.29 is 9.53 Å². The number of methoxy groups -OCH3 is 1. The molecule has 17 heavy (non-hydrogen) atoms. The first kappa shape index (κ1) is 11.6. The number of ether oxygens (including phenoxy) is 1. The molecule has 1 amide bonds. The first-order valence-electron chi connectivity index (χ1n) is 4.83. The summed E-state index contributed by atoms with van der Waals surface area (Å²) >= 11 is 1.11. The number of aromatic nitrogens is 3. The van der Waals surface area contributed by atoms with Gasteiger partial charge in [-0.1, -0.05) is 6.07 Å². The van der Waals surface area contributed by atoms with Crippen molar-refractivity contribution >= 4 is 22.6 Å². The molecule has 0 aliphatic heterocycles. The van der Waals surface area contributed by atoms with E-state index >= 15 is 0 Å². The van der Waals surface area contributed by atoms with E-state index < -0.39 is 0 Å². The SMILES string of the molecule is COCc1nsc(NC(=O)c2ccccn2)n1. The van der Waals surface area contributed by atoms with Gasteiger partial charge in [0.25, 0.3) is 5.91 Å². The van der Waals surface area contributed by atoms with Crippen LogP contribution >= 0.6 is 11.5 Å². The minimum Gasteiger partial charge on any atom is -0.377 e. The summed E-state index contributed by atoms with van der Waals surface area (Å²) in [6.45, 7) is 0.329. The van der Waals surface area contributed by atoms with Gasteiger partial charge >= 0.3 is 0 Å². The van der Waals surface area contributed by atoms with Gasteiger partial charge in [0.05, 0.1) is 0 Å². The molecule has 0 unspecified atom stereocenters. The summed E-state index contributed by atoms with van der Waals surface area (Å²) < 4.78 is 8.91. The predicted molar refractivity (Wildman–Crippen MR) is 62.8 cm³/mol. The second-order valence-electron chi connectivity index (χ2n) is 3.12. The molecule has 0 aliphatic carbocycles. The number of anilines is 1. The third-order valence-corrected chi connectivity index (χ3v) is 2.53. The molecule has 0 radical (unpaired) electrons. The molecule has 1 N–H and O–H groups in total. The summed E-state index contributed by atoms with van der Waals surface area (Å²) in [6, 6.07) is 5.13. The summed E-state index contributed by atoms with van der Waals surface area (Å²) in [5.74, 6) is 0.250. The molecule has 2 heterocycles. The van der Waals surface area contributed by atoms with E-state index in [1.165, 1.54) is 0 Å². The molecule has 6 nitrogen and oxygen atoms in total. The van der Waals surface area contributed by atoms with Crippen molar-refractivity contribution in [1.82, 2.24) is 14.3 Å². The highest BCUT2D eigenvalue weighted by Gasteiger charge is 2.10. The Morgan fingerprint density at radius 3 is 3.12 bits per heavy atom. The predicted octanol–water partition coefficient (Wildman–Crippen LogP) is 1.33. The summed E-state index contributed by atoms with van der Waals surface area (Å²) in [5, 5.41) is 3.06. The summed E-state index contributed by atoms with van der Waals surface area (Å²) in [5.41, 5.74) is 0.344. The van der Waals surface area contributed by atoms with Gasteiger partial charge in [0.2, 0.25) is 5.13 Å². The first-order valence-corrected chi connectivity index (χ1v) is 5.61. The number of pyridine rings is 1. The van der Waals surface area contributed by atoms with Gasteiger partial charge in [0.1, 0.15) is 12.3 Å². The van der Waals surface area contributed by atoms with Crippen molar-refractivity contribution in [2.24, 2.45) is 0 Å². The van der Waals surface area contributed by atoms with E-state index in [1.54, 1.807) is 31.5 Å². The van der Waals surface area contributed by atoms with Crippen molar-refractivity contribution in [3.05, 3.63) is 35.9 Å². The molecule has 0 spiro atoms. The second kappa shape index (κ2) is 5.46. The van der Waals surface area contributed by atoms with Gasteiger partial charge in [-0.25, -0.2) is 4.98 Å². The maximum atomic E-state index is 11.7. The van der Waals surface area contributed by atoms with Crippen molar-refractivity contribution in [2.75, 3.05) is 12.4 Å². The van der Waals surface area contributed by atoms with E-state index in [0.717, 1.165) is 11.5 Å². The van der Waals surface area contributed by atoms with Crippen LogP contribution in [0.1, 0.15) is 16.3 Å². The molecule has 0 aromatic carbocycles. The fourth-order valence-electron chi connectivity index (χ4n) is 1.15. The van der Waals surface area contributed by atoms with Crippen molar-refractivity contribution in [1.29, 1.82) is 0 Å². The Labute approximate surface area is 102 Å². The van der Waals surface area contributed by atoms with E-state index in [4.69, 9.17) is 4.74 Å². The molecular weight excluding hydrogens is 240 g/mol. The van der Waals surface area contributed by atoms with Crippen molar-refractivity contribution in [3.63, 3.8) is 0 Å². The Balaban J connectivity index is 2.03. The standard InChI is InChI=1S/C10H10N4O2S/c1-16-6-8-12-10(17-14-8)13-9(15)7-4-2-3-5-11-7/h2-5H,6H2,1H3,(H,12,13,14,15). The molecule has 0 atom stereocenters. The van der Waals surface area contributed by atoms with Crippen LogP contribution in [0.2, 0.25) is 0 Å². The maximum absolute atomic E-state index is 11.7. The Bertz CT molecular complexity index is 500. The number of nitrogens with zero attached hydrogens (tertiary/aromatic N) is 3. The molecule has 7 heteroatoms. The number of rotatable bonds is 4. The number of carbonyl (C=O) groups excluding carboxylic acids is 1. The van der Waals surface area contributed by atoms with E-state index in [1.807, 2.05) is 0 Å². The zero-order valence-corrected chi connectivity index (χ0v) is 9.90. The summed E-state index contributed by atoms with van der Waals surface area (Å²) in [4.78, 5) is 19.7. The maximum Gasteiger partial charge on any atom is 0.276 e. The number of hydrogen-bond acceptors (Lipinski definition) is 6. The number of carbonyl (C=O) groups is 1. The third-order valence-electron chi connectivity index (χ3n) is 1.86. The molecule has 2 aromatic heterocycles. The van der Waals surface area contributed by atoms with Gasteiger partial charge < -0.3 is 4.74 Å². The first-order chi connectivity index (χ1) is 8.29. The largest absolute Gasteiger partial charge is 0.377 e. The van der Waals surface area contributed by atoms with Crippen LogP contribution in [-0.4, -0.2) is 27.4 Å². The zero-order valence-electron chi connectivity index (χ0n) is 9.08. The molecule has 0 bridgehead atoms. The molecule has 2 rings (SSSR count). The topological polar surface area (TPSA) is 77.0 Å². The third kappa shape index (κ3) is 3.05. The Hall–Kier alpha value is -1.86. The lowest BCUT2D eigenvalue weighted by Crippen LogP contribution is -2.13. The fourth-order valence-corrected chi connectivity index (χ4v) is 1.72. The highest BCUT2D eigenvalue weighted by Crippen LogP contribution is 2.12. The number of nitrogens with one attached hydrogen (secondary N) is 1. The quantitative estimate of drug-likeness (QED) is 0.885. The monoisotopic (exact) mass is 250 g/mol. The molecule has 0 saturated carbocycles. The van der Waals surface area contributed by atoms with Gasteiger partial charge in [0, 0.05) is 24.8 Å². The minimum absolute atomic E-state index is 0.300. The smallest absolute Gasteiger partial charge is 0.276 e. The lowest BCUT2D eigenvalue weighted by molar-refractivity contribution is 0.102. The van der Waals surface area contributed by atoms with Gasteiger partial charge in [0.15, 0.2) is 5.82 Å². The van der Waals surface area contributed by atoms with Crippen molar-refractivity contribution in [2.45, 2.75) is 6.61 Å². The molecule has 0 aliphatic rings. The van der Waals surface area contributed by atoms with Crippen LogP contribution in [-0.2, 0) is 11.3 Å². The highest BCUT2D eigenvalue weighted by atomic mass is 32.1. The summed E-state index contributed by atoms with van der Waals surface area (Å²) in [6.07, 6.45) is 1.56. The van der Waals surface area contributed by atoms with E-state index in [-0.39, 0.29) is 5.91 Å². The molecule has 2 aromatic rings. The molecule has 0 saturated heterocycles. The number of amides is 1. The lowest BCUT2D eigenvalue weighted by Gasteiger charge is -1.98. The molecule has 0 fully saturated rings.